The molecule has 74 valence electrons. The first kappa shape index (κ1) is 12.0. The molecule has 0 amide bonds. The van der Waals surface area contributed by atoms with E-state index in [9.17, 15) is 0 Å². The van der Waals surface area contributed by atoms with Gasteiger partial charge >= 0.3 is 0 Å². The van der Waals surface area contributed by atoms with E-state index >= 15 is 0 Å². The van der Waals surface area contributed by atoms with Gasteiger partial charge in [0.05, 0.1) is 10.0 Å². The maximum absolute atomic E-state index is 5.86. The summed E-state index contributed by atoms with van der Waals surface area (Å²) >= 11 is 20.4. The molecule has 0 aliphatic carbocycles. The van der Waals surface area contributed by atoms with Gasteiger partial charge in [-0.1, -0.05) is 34.8 Å². The lowest BCUT2D eigenvalue weighted by Gasteiger charge is -2.07. The predicted octanol–water partition coefficient (Wildman–Crippen LogP) is 4.38. The van der Waals surface area contributed by atoms with Crippen LogP contribution >= 0.6 is 50.7 Å². The fraction of sp³-hybridized carbons (Fsp3) is 0.111. The molecule has 1 nitrogen and oxygen atoms in total. The summed E-state index contributed by atoms with van der Waals surface area (Å²) in [6, 6.07) is 3.12. The maximum atomic E-state index is 5.86. The molecule has 5 heteroatoms. The Balaban J connectivity index is 2.89. The van der Waals surface area contributed by atoms with Crippen molar-refractivity contribution < 1.29 is 4.74 Å². The van der Waals surface area contributed by atoms with Crippen LogP contribution < -0.4 is 4.74 Å². The van der Waals surface area contributed by atoms with Crippen LogP contribution in [0.5, 0.6) is 5.75 Å². The molecular weight excluding hydrogens is 310 g/mol. The Morgan fingerprint density at radius 3 is 2.29 bits per heavy atom. The zero-order valence-electron chi connectivity index (χ0n) is 6.78. The molecule has 0 unspecified atom stereocenters. The zero-order chi connectivity index (χ0) is 10.6. The molecule has 0 saturated heterocycles. The average molecular weight is 314 g/mol. The molecule has 0 N–H and O–H groups in total. The van der Waals surface area contributed by atoms with Crippen LogP contribution in [0.25, 0.3) is 0 Å². The summed E-state index contributed by atoms with van der Waals surface area (Å²) in [5, 5.41) is 1.22. The van der Waals surface area contributed by atoms with Crippen molar-refractivity contribution >= 4 is 50.7 Å². The van der Waals surface area contributed by atoms with Crippen molar-refractivity contribution in [2.75, 3.05) is 6.61 Å². The molecule has 0 saturated carbocycles. The van der Waals surface area contributed by atoms with E-state index < -0.39 is 0 Å². The summed E-state index contributed by atoms with van der Waals surface area (Å²) in [6.07, 6.45) is 0. The van der Waals surface area contributed by atoms with E-state index in [1.165, 1.54) is 0 Å². The molecule has 1 aromatic carbocycles. The van der Waals surface area contributed by atoms with Crippen LogP contribution in [0.4, 0.5) is 0 Å². The third-order valence-electron chi connectivity index (χ3n) is 1.32. The second kappa shape index (κ2) is 5.72. The lowest BCUT2D eigenvalue weighted by molar-refractivity contribution is 0.371. The summed E-state index contributed by atoms with van der Waals surface area (Å²) in [5.74, 6) is 3.06. The van der Waals surface area contributed by atoms with Gasteiger partial charge in [-0.25, -0.2) is 0 Å². The SMILES string of the molecule is Clc1cc(Cl)c(OCC#CBr)c(Cl)c1. The standard InChI is InChI=1S/C9H4BrCl3O/c10-2-1-3-14-9-7(12)4-6(11)5-8(9)13/h4-5H,3H2. The van der Waals surface area contributed by atoms with Gasteiger partial charge in [-0.3, -0.25) is 0 Å². The lowest BCUT2D eigenvalue weighted by atomic mass is 10.3. The third-order valence-corrected chi connectivity index (χ3v) is 2.38. The van der Waals surface area contributed by atoms with E-state index in [0.29, 0.717) is 20.8 Å². The number of hydrogen-bond acceptors (Lipinski definition) is 1. The van der Waals surface area contributed by atoms with Crippen molar-refractivity contribution in [3.8, 4) is 16.5 Å². The van der Waals surface area contributed by atoms with Gasteiger partial charge in [0.25, 0.3) is 0 Å². The van der Waals surface area contributed by atoms with Crippen molar-refractivity contribution in [3.63, 3.8) is 0 Å². The van der Waals surface area contributed by atoms with Crippen LogP contribution in [0.2, 0.25) is 15.1 Å². The van der Waals surface area contributed by atoms with Gasteiger partial charge in [0.2, 0.25) is 0 Å². The summed E-state index contributed by atoms with van der Waals surface area (Å²) < 4.78 is 5.24. The molecule has 14 heavy (non-hydrogen) atoms. The van der Waals surface area contributed by atoms with Crippen LogP contribution in [0.1, 0.15) is 0 Å². The minimum atomic E-state index is 0.215. The van der Waals surface area contributed by atoms with Crippen molar-refractivity contribution in [1.29, 1.82) is 0 Å². The quantitative estimate of drug-likeness (QED) is 0.736. The first-order chi connectivity index (χ1) is 6.65. The Morgan fingerprint density at radius 1 is 1.21 bits per heavy atom. The zero-order valence-corrected chi connectivity index (χ0v) is 10.6. The molecule has 0 atom stereocenters. The number of benzene rings is 1. The van der Waals surface area contributed by atoms with Crippen molar-refractivity contribution in [3.05, 3.63) is 27.2 Å². The van der Waals surface area contributed by atoms with E-state index in [4.69, 9.17) is 39.5 Å². The predicted molar refractivity (Wildman–Crippen MR) is 63.7 cm³/mol. The van der Waals surface area contributed by atoms with Crippen molar-refractivity contribution in [2.45, 2.75) is 0 Å². The van der Waals surface area contributed by atoms with E-state index in [1.54, 1.807) is 12.1 Å². The molecule has 0 spiro atoms. The molecule has 1 rings (SSSR count). The van der Waals surface area contributed by atoms with Gasteiger partial charge in [-0.2, -0.15) is 0 Å². The summed E-state index contributed by atoms with van der Waals surface area (Å²) in [6.45, 7) is 0.215. The number of rotatable bonds is 2. The second-order valence-electron chi connectivity index (χ2n) is 2.26. The number of halogens is 4. The monoisotopic (exact) mass is 312 g/mol. The van der Waals surface area contributed by atoms with Gasteiger partial charge in [-0.15, -0.1) is 0 Å². The topological polar surface area (TPSA) is 9.23 Å². The van der Waals surface area contributed by atoms with Crippen molar-refractivity contribution in [2.24, 2.45) is 0 Å². The van der Waals surface area contributed by atoms with Gasteiger partial charge in [-0.05, 0) is 22.9 Å². The molecule has 0 bridgehead atoms. The fourth-order valence-electron chi connectivity index (χ4n) is 0.802. The molecule has 0 aliphatic heterocycles. The van der Waals surface area contributed by atoms with Gasteiger partial charge in [0.15, 0.2) is 5.75 Å². The highest BCUT2D eigenvalue weighted by molar-refractivity contribution is 9.12. The van der Waals surface area contributed by atoms with Crippen LogP contribution in [0.3, 0.4) is 0 Å². The van der Waals surface area contributed by atoms with Crippen LogP contribution in [0.15, 0.2) is 12.1 Å². The first-order valence-corrected chi connectivity index (χ1v) is 5.43. The van der Waals surface area contributed by atoms with E-state index in [2.05, 4.69) is 26.7 Å². The molecule has 0 radical (unpaired) electrons. The van der Waals surface area contributed by atoms with Crippen LogP contribution in [-0.4, -0.2) is 6.61 Å². The fourth-order valence-corrected chi connectivity index (χ4v) is 1.84. The third kappa shape index (κ3) is 3.25. The molecule has 0 heterocycles. The lowest BCUT2D eigenvalue weighted by Crippen LogP contribution is -1.95. The van der Waals surface area contributed by atoms with Gasteiger partial charge in [0, 0.05) is 21.0 Å². The van der Waals surface area contributed by atoms with Crippen LogP contribution in [0, 0.1) is 10.8 Å². The number of hydrogen-bond donors (Lipinski definition) is 0. The Labute approximate surface area is 105 Å². The second-order valence-corrected chi connectivity index (χ2v) is 3.91. The molecule has 1 aromatic rings. The molecule has 0 fully saturated rings. The minimum absolute atomic E-state index is 0.215. The summed E-state index contributed by atoms with van der Waals surface area (Å²) in [5.41, 5.74) is 0. The molecular formula is C9H4BrCl3O. The Hall–Kier alpha value is -0.0700. The van der Waals surface area contributed by atoms with E-state index in [1.807, 2.05) is 0 Å². The Kier molecular flexibility index (Phi) is 4.91. The normalized spacial score (nSPS) is 9.14. The van der Waals surface area contributed by atoms with E-state index in [0.717, 1.165) is 0 Å². The molecule has 0 aromatic heterocycles. The average Bonchev–Trinajstić information content (AvgIpc) is 2.09. The highest BCUT2D eigenvalue weighted by atomic mass is 79.9. The minimum Gasteiger partial charge on any atom is -0.478 e. The maximum Gasteiger partial charge on any atom is 0.158 e. The Morgan fingerprint density at radius 2 is 1.79 bits per heavy atom. The summed E-state index contributed by atoms with van der Waals surface area (Å²) in [7, 11) is 0. The smallest absolute Gasteiger partial charge is 0.158 e. The highest BCUT2D eigenvalue weighted by Gasteiger charge is 2.08. The molecule has 0 aliphatic rings. The number of ether oxygens (including phenoxy) is 1. The van der Waals surface area contributed by atoms with Gasteiger partial charge < -0.3 is 4.74 Å². The highest BCUT2D eigenvalue weighted by Crippen LogP contribution is 2.35. The largest absolute Gasteiger partial charge is 0.478 e. The van der Waals surface area contributed by atoms with Crippen molar-refractivity contribution in [1.82, 2.24) is 0 Å². The Bertz CT molecular complexity index is 372. The van der Waals surface area contributed by atoms with E-state index in [-0.39, 0.29) is 6.61 Å². The first-order valence-electron chi connectivity index (χ1n) is 3.51. The van der Waals surface area contributed by atoms with Gasteiger partial charge in [0.1, 0.15) is 6.61 Å². The van der Waals surface area contributed by atoms with Crippen LogP contribution in [-0.2, 0) is 0 Å². The summed E-state index contributed by atoms with van der Waals surface area (Å²) in [4.78, 5) is 2.51.